The molecular formula is C18H26N2O4S. The predicted octanol–water partition coefficient (Wildman–Crippen LogP) is 3.77. The zero-order valence-electron chi connectivity index (χ0n) is 14.7. The molecular weight excluding hydrogens is 340 g/mol. The Hall–Kier alpha value is -1.60. The van der Waals surface area contributed by atoms with Gasteiger partial charge in [-0.25, -0.2) is 0 Å². The third-order valence-corrected chi connectivity index (χ3v) is 5.92. The van der Waals surface area contributed by atoms with Crippen molar-refractivity contribution in [2.75, 3.05) is 6.54 Å². The third-order valence-electron chi connectivity index (χ3n) is 4.51. The van der Waals surface area contributed by atoms with Gasteiger partial charge >= 0.3 is 0 Å². The number of nitro benzene ring substituents is 1. The van der Waals surface area contributed by atoms with E-state index in [0.717, 1.165) is 17.7 Å². The number of hydrogen-bond acceptors (Lipinski definition) is 5. The van der Waals surface area contributed by atoms with Crippen molar-refractivity contribution in [1.29, 1.82) is 0 Å². The van der Waals surface area contributed by atoms with Crippen LogP contribution in [0.1, 0.15) is 56.3 Å². The van der Waals surface area contributed by atoms with Gasteiger partial charge in [0, 0.05) is 28.8 Å². The van der Waals surface area contributed by atoms with Crippen LogP contribution in [-0.2, 0) is 0 Å². The van der Waals surface area contributed by atoms with Crippen molar-refractivity contribution >= 4 is 23.4 Å². The molecule has 1 amide bonds. The van der Waals surface area contributed by atoms with Crippen molar-refractivity contribution in [2.24, 2.45) is 5.92 Å². The van der Waals surface area contributed by atoms with Crippen LogP contribution < -0.4 is 5.32 Å². The summed E-state index contributed by atoms with van der Waals surface area (Å²) in [5, 5.41) is 24.1. The van der Waals surface area contributed by atoms with E-state index in [1.54, 1.807) is 17.8 Å². The van der Waals surface area contributed by atoms with Crippen LogP contribution in [0.25, 0.3) is 0 Å². The number of carbonyl (C=O) groups is 1. The Kier molecular flexibility index (Phi) is 7.25. The maximum atomic E-state index is 12.5. The first kappa shape index (κ1) is 19.7. The highest BCUT2D eigenvalue weighted by Crippen LogP contribution is 2.37. The maximum absolute atomic E-state index is 12.5. The Labute approximate surface area is 152 Å². The molecule has 0 bridgehead atoms. The number of amides is 1. The standard InChI is InChI=1S/C18H26N2O4S/c1-12(2)16(21)9-10-19-18(22)15-11-13(20(23)24)7-8-17(15)25-14-5-3-4-6-14/h7-8,11-12,14,16,21H,3-6,9-10H2,1-2H3,(H,19,22)/t16-/m0/s1. The molecule has 0 heterocycles. The molecule has 0 saturated heterocycles. The summed E-state index contributed by atoms with van der Waals surface area (Å²) in [7, 11) is 0. The van der Waals surface area contributed by atoms with Gasteiger partial charge in [-0.3, -0.25) is 14.9 Å². The number of hydrogen-bond donors (Lipinski definition) is 2. The minimum absolute atomic E-state index is 0.0804. The first-order valence-corrected chi connectivity index (χ1v) is 9.67. The van der Waals surface area contributed by atoms with Gasteiger partial charge in [-0.2, -0.15) is 0 Å². The third kappa shape index (κ3) is 5.71. The van der Waals surface area contributed by atoms with E-state index in [-0.39, 0.29) is 17.5 Å². The number of benzene rings is 1. The van der Waals surface area contributed by atoms with Crippen LogP contribution in [0.5, 0.6) is 0 Å². The summed E-state index contributed by atoms with van der Waals surface area (Å²) in [4.78, 5) is 23.9. The number of thioether (sulfide) groups is 1. The van der Waals surface area contributed by atoms with Gasteiger partial charge in [0.2, 0.25) is 0 Å². The SMILES string of the molecule is CC(C)[C@@H](O)CCNC(=O)c1cc([N+](=O)[O-])ccc1SC1CCCC1. The predicted molar refractivity (Wildman–Crippen MR) is 99.0 cm³/mol. The van der Waals surface area contributed by atoms with Crippen LogP contribution in [0, 0.1) is 16.0 Å². The number of nitrogens with zero attached hydrogens (tertiary/aromatic N) is 1. The van der Waals surface area contributed by atoms with E-state index < -0.39 is 11.0 Å². The van der Waals surface area contributed by atoms with Crippen LogP contribution in [0.15, 0.2) is 23.1 Å². The number of aliphatic hydroxyl groups is 1. The van der Waals surface area contributed by atoms with Crippen molar-refractivity contribution in [3.05, 3.63) is 33.9 Å². The van der Waals surface area contributed by atoms with E-state index >= 15 is 0 Å². The summed E-state index contributed by atoms with van der Waals surface area (Å²) in [5.41, 5.74) is 0.272. The molecule has 1 atom stereocenters. The highest BCUT2D eigenvalue weighted by molar-refractivity contribution is 8.00. The van der Waals surface area contributed by atoms with E-state index in [9.17, 15) is 20.0 Å². The fourth-order valence-electron chi connectivity index (χ4n) is 2.86. The number of nitro groups is 1. The Morgan fingerprint density at radius 3 is 2.68 bits per heavy atom. The lowest BCUT2D eigenvalue weighted by atomic mass is 10.0. The topological polar surface area (TPSA) is 92.5 Å². The fourth-order valence-corrected chi connectivity index (χ4v) is 4.21. The zero-order valence-corrected chi connectivity index (χ0v) is 15.6. The highest BCUT2D eigenvalue weighted by atomic mass is 32.2. The van der Waals surface area contributed by atoms with Crippen LogP contribution in [0.4, 0.5) is 5.69 Å². The number of non-ortho nitro benzene ring substituents is 1. The van der Waals surface area contributed by atoms with Gasteiger partial charge in [0.05, 0.1) is 16.6 Å². The number of aliphatic hydroxyl groups excluding tert-OH is 1. The molecule has 0 aliphatic heterocycles. The number of nitrogens with one attached hydrogen (secondary N) is 1. The summed E-state index contributed by atoms with van der Waals surface area (Å²) < 4.78 is 0. The van der Waals surface area contributed by atoms with Crippen molar-refractivity contribution in [3.8, 4) is 0 Å². The first-order valence-electron chi connectivity index (χ1n) is 8.80. The van der Waals surface area contributed by atoms with Gasteiger partial charge in [-0.1, -0.05) is 26.7 Å². The number of rotatable bonds is 8. The minimum Gasteiger partial charge on any atom is -0.393 e. The van der Waals surface area contributed by atoms with E-state index in [1.165, 1.54) is 25.0 Å². The van der Waals surface area contributed by atoms with Crippen molar-refractivity contribution in [2.45, 2.75) is 62.2 Å². The molecule has 1 saturated carbocycles. The van der Waals surface area contributed by atoms with Gasteiger partial charge in [-0.05, 0) is 31.2 Å². The molecule has 0 radical (unpaired) electrons. The normalized spacial score (nSPS) is 16.2. The second kappa shape index (κ2) is 9.20. The van der Waals surface area contributed by atoms with Crippen molar-refractivity contribution < 1.29 is 14.8 Å². The lowest BCUT2D eigenvalue weighted by Crippen LogP contribution is -2.29. The summed E-state index contributed by atoms with van der Waals surface area (Å²) in [6, 6.07) is 4.49. The molecule has 2 rings (SSSR count). The molecule has 1 fully saturated rings. The highest BCUT2D eigenvalue weighted by Gasteiger charge is 2.22. The van der Waals surface area contributed by atoms with Crippen LogP contribution in [0.3, 0.4) is 0 Å². The largest absolute Gasteiger partial charge is 0.393 e. The molecule has 1 aliphatic carbocycles. The summed E-state index contributed by atoms with van der Waals surface area (Å²) in [6.07, 6.45) is 4.60. The lowest BCUT2D eigenvalue weighted by molar-refractivity contribution is -0.384. The Morgan fingerprint density at radius 1 is 1.40 bits per heavy atom. The molecule has 1 aromatic rings. The zero-order chi connectivity index (χ0) is 18.4. The second-order valence-corrected chi connectivity index (χ2v) is 8.16. The first-order chi connectivity index (χ1) is 11.9. The Bertz CT molecular complexity index is 615. The fraction of sp³-hybridized carbons (Fsp3) is 0.611. The second-order valence-electron chi connectivity index (χ2n) is 6.82. The average Bonchev–Trinajstić information content (AvgIpc) is 3.07. The van der Waals surface area contributed by atoms with E-state index in [4.69, 9.17) is 0 Å². The quantitative estimate of drug-likeness (QED) is 0.540. The van der Waals surface area contributed by atoms with E-state index in [0.29, 0.717) is 23.8 Å². The van der Waals surface area contributed by atoms with E-state index in [2.05, 4.69) is 5.32 Å². The van der Waals surface area contributed by atoms with Gasteiger partial charge in [-0.15, -0.1) is 11.8 Å². The molecule has 25 heavy (non-hydrogen) atoms. The van der Waals surface area contributed by atoms with Gasteiger partial charge in [0.1, 0.15) is 0 Å². The van der Waals surface area contributed by atoms with Crippen LogP contribution in [-0.4, -0.2) is 33.8 Å². The molecule has 7 heteroatoms. The minimum atomic E-state index is -0.483. The van der Waals surface area contributed by atoms with Gasteiger partial charge in [0.25, 0.3) is 11.6 Å². The summed E-state index contributed by atoms with van der Waals surface area (Å²) >= 11 is 1.64. The smallest absolute Gasteiger partial charge is 0.270 e. The summed E-state index contributed by atoms with van der Waals surface area (Å²) in [6.45, 7) is 4.18. The van der Waals surface area contributed by atoms with E-state index in [1.807, 2.05) is 13.8 Å². The van der Waals surface area contributed by atoms with Crippen molar-refractivity contribution in [1.82, 2.24) is 5.32 Å². The molecule has 1 aromatic carbocycles. The molecule has 6 nitrogen and oxygen atoms in total. The van der Waals surface area contributed by atoms with Crippen LogP contribution in [0.2, 0.25) is 0 Å². The monoisotopic (exact) mass is 366 g/mol. The van der Waals surface area contributed by atoms with Gasteiger partial charge < -0.3 is 10.4 Å². The van der Waals surface area contributed by atoms with Gasteiger partial charge in [0.15, 0.2) is 0 Å². The molecule has 138 valence electrons. The van der Waals surface area contributed by atoms with Crippen LogP contribution >= 0.6 is 11.8 Å². The molecule has 2 N–H and O–H groups in total. The average molecular weight is 366 g/mol. The summed E-state index contributed by atoms with van der Waals surface area (Å²) in [5.74, 6) is -0.191. The molecule has 0 unspecified atom stereocenters. The Balaban J connectivity index is 2.09. The molecule has 0 spiro atoms. The number of carbonyl (C=O) groups excluding carboxylic acids is 1. The molecule has 1 aliphatic rings. The molecule has 0 aromatic heterocycles. The Morgan fingerprint density at radius 2 is 2.08 bits per heavy atom. The van der Waals surface area contributed by atoms with Crippen molar-refractivity contribution in [3.63, 3.8) is 0 Å². The maximum Gasteiger partial charge on any atom is 0.270 e. The lowest BCUT2D eigenvalue weighted by Gasteiger charge is -2.16.